The third-order valence-electron chi connectivity index (χ3n) is 6.46. The molecule has 0 aromatic heterocycles. The number of nitrogens with zero attached hydrogens (tertiary/aromatic N) is 1. The van der Waals surface area contributed by atoms with Crippen molar-refractivity contribution >= 4 is 18.3 Å². The van der Waals surface area contributed by atoms with Gasteiger partial charge in [-0.15, -0.1) is 12.4 Å². The van der Waals surface area contributed by atoms with Crippen LogP contribution in [-0.2, 0) is 24.2 Å². The molecule has 0 fully saturated rings. The van der Waals surface area contributed by atoms with E-state index in [1.54, 1.807) is 28.4 Å². The average molecular weight is 463 g/mol. The van der Waals surface area contributed by atoms with E-state index >= 15 is 0 Å². The minimum Gasteiger partial charge on any atom is -0.493 e. The first kappa shape index (κ1) is 24.0. The number of halogens is 1. The summed E-state index contributed by atoms with van der Waals surface area (Å²) in [6.07, 6.45) is 1.74. The van der Waals surface area contributed by atoms with Gasteiger partial charge in [0.1, 0.15) is 0 Å². The van der Waals surface area contributed by atoms with Crippen LogP contribution in [0.3, 0.4) is 0 Å². The SMILES string of the molecule is COc1cc2c(cc1OC)-c1c(OC)c(OC)c(CNC(C)=O)c3c1[C@H](C2)N(C)CC3.Cl. The summed E-state index contributed by atoms with van der Waals surface area (Å²) in [4.78, 5) is 14.1. The lowest BCUT2D eigenvalue weighted by Crippen LogP contribution is -2.37. The van der Waals surface area contributed by atoms with E-state index in [2.05, 4.69) is 23.3 Å². The third kappa shape index (κ3) is 3.73. The highest BCUT2D eigenvalue weighted by atomic mass is 35.5. The Balaban J connectivity index is 0.00000289. The Morgan fingerprint density at radius 1 is 1.06 bits per heavy atom. The quantitative estimate of drug-likeness (QED) is 0.708. The summed E-state index contributed by atoms with van der Waals surface area (Å²) >= 11 is 0. The fourth-order valence-corrected chi connectivity index (χ4v) is 5.01. The lowest BCUT2D eigenvalue weighted by Gasteiger charge is -2.42. The van der Waals surface area contributed by atoms with Gasteiger partial charge in [-0.05, 0) is 54.3 Å². The summed E-state index contributed by atoms with van der Waals surface area (Å²) in [5.74, 6) is 2.70. The molecule has 2 aromatic rings. The molecule has 4 rings (SSSR count). The number of fused-ring (bicyclic) bond motifs is 2. The number of amides is 1. The molecule has 0 saturated carbocycles. The number of hydrogen-bond donors (Lipinski definition) is 1. The van der Waals surface area contributed by atoms with E-state index in [-0.39, 0.29) is 24.4 Å². The second-order valence-corrected chi connectivity index (χ2v) is 8.04. The number of methoxy groups -OCH3 is 4. The number of likely N-dealkylation sites (N-methyl/N-ethyl adjacent to an activating group) is 1. The largest absolute Gasteiger partial charge is 0.493 e. The topological polar surface area (TPSA) is 69.3 Å². The Labute approximate surface area is 195 Å². The highest BCUT2D eigenvalue weighted by Crippen LogP contribution is 2.55. The van der Waals surface area contributed by atoms with Crippen molar-refractivity contribution in [2.75, 3.05) is 42.0 Å². The maximum absolute atomic E-state index is 11.7. The standard InChI is InChI=1S/C24H30N2O5.ClH/c1-13(27)25-12-17-15-7-8-26(2)18-9-14-10-19(28-3)20(29-4)11-16(14)22(21(15)18)24(31-6)23(17)30-5;/h10-11,18H,7-9,12H2,1-6H3,(H,25,27);1H/t18-;/m0./s1. The fourth-order valence-electron chi connectivity index (χ4n) is 5.01. The van der Waals surface area contributed by atoms with Gasteiger partial charge in [0, 0.05) is 37.2 Å². The van der Waals surface area contributed by atoms with Gasteiger partial charge in [0.25, 0.3) is 0 Å². The van der Waals surface area contributed by atoms with Crippen molar-refractivity contribution in [2.45, 2.75) is 32.4 Å². The smallest absolute Gasteiger partial charge is 0.217 e. The monoisotopic (exact) mass is 462 g/mol. The Hall–Kier alpha value is -2.64. The second-order valence-electron chi connectivity index (χ2n) is 8.04. The van der Waals surface area contributed by atoms with Crippen molar-refractivity contribution in [3.63, 3.8) is 0 Å². The number of carbonyl (C=O) groups is 1. The van der Waals surface area contributed by atoms with Crippen LogP contribution < -0.4 is 24.3 Å². The van der Waals surface area contributed by atoms with Crippen molar-refractivity contribution in [3.05, 3.63) is 34.4 Å². The van der Waals surface area contributed by atoms with Gasteiger partial charge in [-0.2, -0.15) is 0 Å². The van der Waals surface area contributed by atoms with Crippen molar-refractivity contribution in [1.29, 1.82) is 0 Å². The molecule has 8 heteroatoms. The maximum Gasteiger partial charge on any atom is 0.217 e. The number of rotatable bonds is 6. The van der Waals surface area contributed by atoms with Gasteiger partial charge in [-0.3, -0.25) is 9.69 Å². The minimum atomic E-state index is -0.0717. The fraction of sp³-hybridized carbons (Fsp3) is 0.458. The first-order chi connectivity index (χ1) is 14.9. The van der Waals surface area contributed by atoms with Crippen LogP contribution in [0.25, 0.3) is 11.1 Å². The Kier molecular flexibility index (Phi) is 7.10. The number of nitrogens with one attached hydrogen (secondary N) is 1. The van der Waals surface area contributed by atoms with Gasteiger partial charge in [0.15, 0.2) is 23.0 Å². The molecule has 1 atom stereocenters. The Morgan fingerprint density at radius 2 is 1.72 bits per heavy atom. The van der Waals surface area contributed by atoms with Crippen LogP contribution in [0, 0.1) is 0 Å². The van der Waals surface area contributed by atoms with Crippen LogP contribution in [0.15, 0.2) is 12.1 Å². The van der Waals surface area contributed by atoms with Crippen molar-refractivity contribution in [1.82, 2.24) is 10.2 Å². The van der Waals surface area contributed by atoms with Gasteiger partial charge in [0.2, 0.25) is 5.91 Å². The molecule has 1 amide bonds. The van der Waals surface area contributed by atoms with Crippen molar-refractivity contribution in [2.24, 2.45) is 0 Å². The summed E-state index contributed by atoms with van der Waals surface area (Å²) in [7, 11) is 8.78. The highest BCUT2D eigenvalue weighted by molar-refractivity contribution is 5.86. The highest BCUT2D eigenvalue weighted by Gasteiger charge is 2.39. The molecule has 0 spiro atoms. The predicted octanol–water partition coefficient (Wildman–Crippen LogP) is 3.53. The minimum absolute atomic E-state index is 0. The molecule has 2 aromatic carbocycles. The summed E-state index contributed by atoms with van der Waals surface area (Å²) in [5.41, 5.74) is 6.79. The van der Waals surface area contributed by atoms with Gasteiger partial charge >= 0.3 is 0 Å². The van der Waals surface area contributed by atoms with E-state index in [9.17, 15) is 4.79 Å². The summed E-state index contributed by atoms with van der Waals surface area (Å²) < 4.78 is 23.0. The first-order valence-corrected chi connectivity index (χ1v) is 10.4. The zero-order valence-electron chi connectivity index (χ0n) is 19.5. The molecule has 7 nitrogen and oxygen atoms in total. The van der Waals surface area contributed by atoms with E-state index in [1.807, 2.05) is 6.07 Å². The number of ether oxygens (including phenoxy) is 4. The maximum atomic E-state index is 11.7. The zero-order chi connectivity index (χ0) is 22.3. The molecular weight excluding hydrogens is 432 g/mol. The van der Waals surface area contributed by atoms with E-state index in [4.69, 9.17) is 18.9 Å². The van der Waals surface area contributed by atoms with E-state index < -0.39 is 0 Å². The molecule has 174 valence electrons. The molecule has 1 N–H and O–H groups in total. The predicted molar refractivity (Wildman–Crippen MR) is 126 cm³/mol. The molecule has 2 aliphatic rings. The molecule has 0 bridgehead atoms. The summed E-state index contributed by atoms with van der Waals surface area (Å²) in [6.45, 7) is 2.87. The lowest BCUT2D eigenvalue weighted by molar-refractivity contribution is -0.119. The van der Waals surface area contributed by atoms with Crippen LogP contribution in [0.2, 0.25) is 0 Å². The lowest BCUT2D eigenvalue weighted by atomic mass is 9.75. The Morgan fingerprint density at radius 3 is 2.31 bits per heavy atom. The van der Waals surface area contributed by atoms with E-state index in [1.165, 1.54) is 23.6 Å². The molecule has 1 aliphatic carbocycles. The van der Waals surface area contributed by atoms with E-state index in [0.29, 0.717) is 23.8 Å². The average Bonchev–Trinajstić information content (AvgIpc) is 2.78. The van der Waals surface area contributed by atoms with Crippen LogP contribution in [0.4, 0.5) is 0 Å². The summed E-state index contributed by atoms with van der Waals surface area (Å²) in [6, 6.07) is 4.31. The number of hydrogen-bond acceptors (Lipinski definition) is 6. The van der Waals surface area contributed by atoms with Crippen LogP contribution in [-0.4, -0.2) is 52.8 Å². The van der Waals surface area contributed by atoms with Crippen molar-refractivity contribution in [3.8, 4) is 34.1 Å². The van der Waals surface area contributed by atoms with Crippen molar-refractivity contribution < 1.29 is 23.7 Å². The zero-order valence-corrected chi connectivity index (χ0v) is 20.3. The molecule has 0 saturated heterocycles. The molecule has 1 heterocycles. The molecular formula is C24H31ClN2O5. The Bertz CT molecular complexity index is 1040. The third-order valence-corrected chi connectivity index (χ3v) is 6.46. The second kappa shape index (κ2) is 9.46. The normalized spacial score (nSPS) is 16.2. The first-order valence-electron chi connectivity index (χ1n) is 10.4. The van der Waals surface area contributed by atoms with E-state index in [0.717, 1.165) is 41.8 Å². The summed E-state index contributed by atoms with van der Waals surface area (Å²) in [5, 5.41) is 2.95. The molecule has 0 radical (unpaired) electrons. The van der Waals surface area contributed by atoms with Gasteiger partial charge in [-0.25, -0.2) is 0 Å². The van der Waals surface area contributed by atoms with Crippen LogP contribution in [0.1, 0.15) is 35.2 Å². The molecule has 32 heavy (non-hydrogen) atoms. The van der Waals surface area contributed by atoms with Gasteiger partial charge in [-0.1, -0.05) is 0 Å². The van der Waals surface area contributed by atoms with Gasteiger partial charge < -0.3 is 24.3 Å². The molecule has 1 aliphatic heterocycles. The van der Waals surface area contributed by atoms with Gasteiger partial charge in [0.05, 0.1) is 28.4 Å². The van der Waals surface area contributed by atoms with Crippen LogP contribution in [0.5, 0.6) is 23.0 Å². The molecule has 0 unspecified atom stereocenters. The van der Waals surface area contributed by atoms with Crippen LogP contribution >= 0.6 is 12.4 Å². The number of benzene rings is 2. The number of carbonyl (C=O) groups excluding carboxylic acids is 1.